The first-order valence-electron chi connectivity index (χ1n) is 4.59. The third-order valence-corrected chi connectivity index (χ3v) is 2.29. The Labute approximate surface area is 101 Å². The van der Waals surface area contributed by atoms with Gasteiger partial charge in [0.15, 0.2) is 0 Å². The number of aliphatic hydroxyl groups excluding tert-OH is 1. The predicted molar refractivity (Wildman–Crippen MR) is 59.4 cm³/mol. The normalized spacial score (nSPS) is 12.9. The first kappa shape index (κ1) is 13.8. The molecule has 0 atom stereocenters. The molecular formula is C10H10ClF3N2O. The van der Waals surface area contributed by atoms with Crippen LogP contribution in [-0.2, 0) is 12.8 Å². The van der Waals surface area contributed by atoms with Crippen LogP contribution in [0.3, 0.4) is 0 Å². The molecule has 0 bridgehead atoms. The lowest BCUT2D eigenvalue weighted by Crippen LogP contribution is -2.13. The molecule has 0 heterocycles. The van der Waals surface area contributed by atoms with E-state index >= 15 is 0 Å². The van der Waals surface area contributed by atoms with Gasteiger partial charge in [0.05, 0.1) is 23.7 Å². The van der Waals surface area contributed by atoms with Crippen LogP contribution in [0.25, 0.3) is 0 Å². The fraction of sp³-hybridized carbons (Fsp3) is 0.300. The molecule has 0 aliphatic rings. The lowest BCUT2D eigenvalue weighted by atomic mass is 10.1. The summed E-state index contributed by atoms with van der Waals surface area (Å²) < 4.78 is 37.9. The molecule has 0 unspecified atom stereocenters. The zero-order chi connectivity index (χ0) is 13.1. The molecule has 3 nitrogen and oxygen atoms in total. The quantitative estimate of drug-likeness (QED) is 0.501. The van der Waals surface area contributed by atoms with Gasteiger partial charge in [-0.3, -0.25) is 0 Å². The minimum absolute atomic E-state index is 0.0132. The molecule has 0 fully saturated rings. The number of hydrogen-bond donors (Lipinski definition) is 2. The Morgan fingerprint density at radius 2 is 2.06 bits per heavy atom. The van der Waals surface area contributed by atoms with Crippen LogP contribution in [-0.4, -0.2) is 16.8 Å². The minimum atomic E-state index is -4.54. The van der Waals surface area contributed by atoms with Gasteiger partial charge in [-0.2, -0.15) is 13.2 Å². The molecule has 0 aliphatic heterocycles. The Morgan fingerprint density at radius 1 is 1.41 bits per heavy atom. The Kier molecular flexibility index (Phi) is 4.36. The van der Waals surface area contributed by atoms with Gasteiger partial charge < -0.3 is 10.8 Å². The Balaban J connectivity index is 3.34. The smallest absolute Gasteiger partial charge is 0.392 e. The van der Waals surface area contributed by atoms with Gasteiger partial charge in [-0.15, -0.1) is 11.6 Å². The second-order valence-electron chi connectivity index (χ2n) is 3.20. The van der Waals surface area contributed by atoms with Crippen molar-refractivity contribution in [3.05, 3.63) is 29.3 Å². The molecule has 7 heteroatoms. The molecule has 0 amide bonds. The molecule has 0 aliphatic carbocycles. The number of nitrogens with zero attached hydrogens (tertiary/aromatic N) is 1. The van der Waals surface area contributed by atoms with E-state index in [9.17, 15) is 13.2 Å². The summed E-state index contributed by atoms with van der Waals surface area (Å²) in [6, 6.07) is 3.41. The highest BCUT2D eigenvalue weighted by molar-refractivity contribution is 6.28. The van der Waals surface area contributed by atoms with Crippen LogP contribution in [0.5, 0.6) is 0 Å². The van der Waals surface area contributed by atoms with Crippen molar-refractivity contribution >= 4 is 23.1 Å². The van der Waals surface area contributed by atoms with E-state index in [0.29, 0.717) is 0 Å². The van der Waals surface area contributed by atoms with Crippen molar-refractivity contribution in [3.63, 3.8) is 0 Å². The van der Waals surface area contributed by atoms with Crippen molar-refractivity contribution in [2.45, 2.75) is 12.8 Å². The van der Waals surface area contributed by atoms with Crippen LogP contribution in [0.4, 0.5) is 18.9 Å². The lowest BCUT2D eigenvalue weighted by Gasteiger charge is -2.13. The number of halogens is 4. The number of benzene rings is 1. The van der Waals surface area contributed by atoms with E-state index in [2.05, 4.69) is 4.99 Å². The molecule has 3 N–H and O–H groups in total. The maximum absolute atomic E-state index is 12.6. The number of hydrogen-bond acceptors (Lipinski definition) is 2. The van der Waals surface area contributed by atoms with Crippen LogP contribution in [0.15, 0.2) is 23.2 Å². The summed E-state index contributed by atoms with van der Waals surface area (Å²) in [5, 5.41) is 9.01. The third-order valence-electron chi connectivity index (χ3n) is 2.02. The molecule has 1 aromatic rings. The van der Waals surface area contributed by atoms with E-state index < -0.39 is 18.3 Å². The van der Waals surface area contributed by atoms with Crippen molar-refractivity contribution in [2.75, 3.05) is 5.88 Å². The summed E-state index contributed by atoms with van der Waals surface area (Å²) in [6.07, 6.45) is -4.54. The average Bonchev–Trinajstić information content (AvgIpc) is 2.27. The molecule has 17 heavy (non-hydrogen) atoms. The Hall–Kier alpha value is -1.27. The first-order chi connectivity index (χ1) is 7.90. The van der Waals surface area contributed by atoms with Crippen molar-refractivity contribution < 1.29 is 18.3 Å². The SMILES string of the molecule is NC(CCl)=Nc1cccc(C(F)(F)F)c1CO. The second kappa shape index (κ2) is 5.37. The molecule has 0 aromatic heterocycles. The van der Waals surface area contributed by atoms with Gasteiger partial charge in [-0.05, 0) is 12.1 Å². The number of alkyl halides is 4. The zero-order valence-electron chi connectivity index (χ0n) is 8.63. The van der Waals surface area contributed by atoms with E-state index in [-0.39, 0.29) is 23.0 Å². The Bertz CT molecular complexity index is 432. The third kappa shape index (κ3) is 3.34. The van der Waals surface area contributed by atoms with Gasteiger partial charge in [0.25, 0.3) is 0 Å². The second-order valence-corrected chi connectivity index (χ2v) is 3.46. The maximum Gasteiger partial charge on any atom is 0.416 e. The van der Waals surface area contributed by atoms with E-state index in [1.54, 1.807) is 0 Å². The van der Waals surface area contributed by atoms with Crippen LogP contribution in [0, 0.1) is 0 Å². The minimum Gasteiger partial charge on any atom is -0.392 e. The van der Waals surface area contributed by atoms with Crippen molar-refractivity contribution in [1.82, 2.24) is 0 Å². The number of aliphatic imine (C=N–C) groups is 1. The highest BCUT2D eigenvalue weighted by Crippen LogP contribution is 2.36. The largest absolute Gasteiger partial charge is 0.416 e. The standard InChI is InChI=1S/C10H10ClF3N2O/c11-4-9(15)16-8-3-1-2-7(6(8)5-17)10(12,13)14/h1-3,17H,4-5H2,(H2,15,16). The summed E-state index contributed by atoms with van der Waals surface area (Å²) in [4.78, 5) is 3.72. The molecule has 94 valence electrons. The molecule has 0 saturated carbocycles. The van der Waals surface area contributed by atoms with E-state index in [1.807, 2.05) is 0 Å². The number of aliphatic hydroxyl groups is 1. The first-order valence-corrected chi connectivity index (χ1v) is 5.12. The van der Waals surface area contributed by atoms with Gasteiger partial charge in [-0.25, -0.2) is 4.99 Å². The van der Waals surface area contributed by atoms with Gasteiger partial charge in [-0.1, -0.05) is 6.07 Å². The fourth-order valence-corrected chi connectivity index (χ4v) is 1.36. The van der Waals surface area contributed by atoms with Gasteiger partial charge in [0.1, 0.15) is 5.84 Å². The molecule has 0 radical (unpaired) electrons. The van der Waals surface area contributed by atoms with Crippen molar-refractivity contribution in [3.8, 4) is 0 Å². The van der Waals surface area contributed by atoms with Crippen LogP contribution in [0.1, 0.15) is 11.1 Å². The van der Waals surface area contributed by atoms with E-state index in [4.69, 9.17) is 22.4 Å². The summed E-state index contributed by atoms with van der Waals surface area (Å²) in [6.45, 7) is -0.774. The topological polar surface area (TPSA) is 58.6 Å². The van der Waals surface area contributed by atoms with Gasteiger partial charge in [0.2, 0.25) is 0 Å². The lowest BCUT2D eigenvalue weighted by molar-refractivity contribution is -0.138. The predicted octanol–water partition coefficient (Wildman–Crippen LogP) is 2.43. The summed E-state index contributed by atoms with van der Waals surface area (Å²) in [7, 11) is 0. The van der Waals surface area contributed by atoms with Crippen molar-refractivity contribution in [2.24, 2.45) is 10.7 Å². The van der Waals surface area contributed by atoms with Crippen molar-refractivity contribution in [1.29, 1.82) is 0 Å². The number of rotatable bonds is 3. The van der Waals surface area contributed by atoms with Crippen LogP contribution in [0.2, 0.25) is 0 Å². The zero-order valence-corrected chi connectivity index (χ0v) is 9.39. The maximum atomic E-state index is 12.6. The highest BCUT2D eigenvalue weighted by atomic mass is 35.5. The van der Waals surface area contributed by atoms with Gasteiger partial charge >= 0.3 is 6.18 Å². The average molecular weight is 267 g/mol. The fourth-order valence-electron chi connectivity index (χ4n) is 1.30. The summed E-state index contributed by atoms with van der Waals surface area (Å²) in [5.74, 6) is -0.109. The number of nitrogens with two attached hydrogens (primary N) is 1. The summed E-state index contributed by atoms with van der Waals surface area (Å²) >= 11 is 5.39. The molecule has 0 spiro atoms. The number of amidine groups is 1. The van der Waals surface area contributed by atoms with E-state index in [1.165, 1.54) is 12.1 Å². The molecular weight excluding hydrogens is 257 g/mol. The van der Waals surface area contributed by atoms with Crippen LogP contribution >= 0.6 is 11.6 Å². The van der Waals surface area contributed by atoms with E-state index in [0.717, 1.165) is 6.07 Å². The Morgan fingerprint density at radius 3 is 2.53 bits per heavy atom. The highest BCUT2D eigenvalue weighted by Gasteiger charge is 2.33. The summed E-state index contributed by atoms with van der Waals surface area (Å²) in [5.41, 5.74) is 4.08. The monoisotopic (exact) mass is 266 g/mol. The molecule has 0 saturated heterocycles. The van der Waals surface area contributed by atoms with Gasteiger partial charge in [0, 0.05) is 5.56 Å². The van der Waals surface area contributed by atoms with Crippen LogP contribution < -0.4 is 5.73 Å². The molecule has 1 aromatic carbocycles. The molecule has 1 rings (SSSR count).